The normalized spacial score (nSPS) is 16.1. The van der Waals surface area contributed by atoms with Gasteiger partial charge in [-0.1, -0.05) is 0 Å². The average molecular weight is 316 g/mol. The molecular formula is C16H24N6O. The number of nitrogens with zero attached hydrogens (tertiary/aromatic N) is 6. The molecule has 124 valence electrons. The van der Waals surface area contributed by atoms with Crippen LogP contribution < -0.4 is 0 Å². The summed E-state index contributed by atoms with van der Waals surface area (Å²) >= 11 is 0. The van der Waals surface area contributed by atoms with Crippen LogP contribution in [0.25, 0.3) is 0 Å². The van der Waals surface area contributed by atoms with E-state index in [-0.39, 0.29) is 5.91 Å². The van der Waals surface area contributed by atoms with Crippen molar-refractivity contribution < 1.29 is 4.79 Å². The molecule has 3 heterocycles. The fourth-order valence-electron chi connectivity index (χ4n) is 3.03. The Morgan fingerprint density at radius 3 is 2.39 bits per heavy atom. The summed E-state index contributed by atoms with van der Waals surface area (Å²) in [7, 11) is 3.81. The largest absolute Gasteiger partial charge is 0.336 e. The molecule has 1 fully saturated rings. The number of piperazine rings is 1. The summed E-state index contributed by atoms with van der Waals surface area (Å²) in [5, 5.41) is 8.55. The third-order valence-electron chi connectivity index (χ3n) is 4.63. The highest BCUT2D eigenvalue weighted by Gasteiger charge is 2.24. The summed E-state index contributed by atoms with van der Waals surface area (Å²) < 4.78 is 3.60. The van der Waals surface area contributed by atoms with Gasteiger partial charge in [0.2, 0.25) is 0 Å². The lowest BCUT2D eigenvalue weighted by atomic mass is 10.2. The fourth-order valence-corrected chi connectivity index (χ4v) is 3.03. The van der Waals surface area contributed by atoms with E-state index in [2.05, 4.69) is 21.3 Å². The molecule has 7 heteroatoms. The Morgan fingerprint density at radius 1 is 1.17 bits per heavy atom. The first-order valence-corrected chi connectivity index (χ1v) is 7.95. The summed E-state index contributed by atoms with van der Waals surface area (Å²) in [5.74, 6) is 0.0906. The fraction of sp³-hybridized carbons (Fsp3) is 0.562. The van der Waals surface area contributed by atoms with Gasteiger partial charge in [-0.15, -0.1) is 0 Å². The van der Waals surface area contributed by atoms with Crippen LogP contribution in [-0.2, 0) is 20.6 Å². The van der Waals surface area contributed by atoms with E-state index < -0.39 is 0 Å². The monoisotopic (exact) mass is 316 g/mol. The third kappa shape index (κ3) is 3.14. The molecule has 2 aromatic heterocycles. The predicted octanol–water partition coefficient (Wildman–Crippen LogP) is 0.728. The van der Waals surface area contributed by atoms with Crippen molar-refractivity contribution in [3.05, 3.63) is 34.9 Å². The van der Waals surface area contributed by atoms with Crippen LogP contribution in [0.4, 0.5) is 0 Å². The van der Waals surface area contributed by atoms with Crippen molar-refractivity contribution in [3.63, 3.8) is 0 Å². The Kier molecular flexibility index (Phi) is 4.21. The van der Waals surface area contributed by atoms with Crippen LogP contribution in [0.15, 0.2) is 12.4 Å². The second-order valence-electron chi connectivity index (χ2n) is 6.25. The minimum absolute atomic E-state index is 0.0906. The molecule has 1 aliphatic heterocycles. The van der Waals surface area contributed by atoms with Gasteiger partial charge in [-0.2, -0.15) is 10.2 Å². The average Bonchev–Trinajstić information content (AvgIpc) is 3.02. The number of hydrogen-bond donors (Lipinski definition) is 0. The predicted molar refractivity (Wildman–Crippen MR) is 87.1 cm³/mol. The second-order valence-corrected chi connectivity index (χ2v) is 6.25. The van der Waals surface area contributed by atoms with Crippen molar-refractivity contribution in [1.29, 1.82) is 0 Å². The van der Waals surface area contributed by atoms with Crippen molar-refractivity contribution in [3.8, 4) is 0 Å². The quantitative estimate of drug-likeness (QED) is 0.837. The zero-order chi connectivity index (χ0) is 16.6. The topological polar surface area (TPSA) is 59.2 Å². The van der Waals surface area contributed by atoms with Crippen LogP contribution in [0.3, 0.4) is 0 Å². The highest BCUT2D eigenvalue weighted by molar-refractivity contribution is 5.95. The van der Waals surface area contributed by atoms with Gasteiger partial charge in [-0.25, -0.2) is 0 Å². The number of hydrogen-bond acceptors (Lipinski definition) is 4. The molecule has 3 rings (SSSR count). The maximum atomic E-state index is 12.6. The minimum atomic E-state index is 0.0906. The van der Waals surface area contributed by atoms with Crippen LogP contribution in [0, 0.1) is 13.8 Å². The smallest absolute Gasteiger partial charge is 0.257 e. The van der Waals surface area contributed by atoms with Gasteiger partial charge in [0, 0.05) is 64.3 Å². The van der Waals surface area contributed by atoms with E-state index in [1.165, 1.54) is 5.56 Å². The molecule has 0 aliphatic carbocycles. The molecular weight excluding hydrogens is 292 g/mol. The van der Waals surface area contributed by atoms with Gasteiger partial charge in [-0.3, -0.25) is 19.1 Å². The molecule has 0 bridgehead atoms. The first-order chi connectivity index (χ1) is 11.0. The second kappa shape index (κ2) is 6.16. The van der Waals surface area contributed by atoms with E-state index in [1.807, 2.05) is 37.5 Å². The summed E-state index contributed by atoms with van der Waals surface area (Å²) in [6, 6.07) is 0. The maximum Gasteiger partial charge on any atom is 0.257 e. The molecule has 1 amide bonds. The summed E-state index contributed by atoms with van der Waals surface area (Å²) in [4.78, 5) is 16.9. The maximum absolute atomic E-state index is 12.6. The number of aromatic nitrogens is 4. The van der Waals surface area contributed by atoms with E-state index in [0.717, 1.165) is 44.1 Å². The van der Waals surface area contributed by atoms with Gasteiger partial charge in [0.05, 0.1) is 17.5 Å². The molecule has 0 N–H and O–H groups in total. The van der Waals surface area contributed by atoms with Crippen LogP contribution in [0.2, 0.25) is 0 Å². The highest BCUT2D eigenvalue weighted by atomic mass is 16.2. The molecule has 2 aromatic rings. The Balaban J connectivity index is 1.59. The number of carbonyl (C=O) groups excluding carboxylic acids is 1. The van der Waals surface area contributed by atoms with Crippen molar-refractivity contribution in [2.45, 2.75) is 20.4 Å². The van der Waals surface area contributed by atoms with Crippen LogP contribution in [0.5, 0.6) is 0 Å². The van der Waals surface area contributed by atoms with Crippen molar-refractivity contribution >= 4 is 5.91 Å². The Bertz CT molecular complexity index is 708. The summed E-state index contributed by atoms with van der Waals surface area (Å²) in [5.41, 5.74) is 3.97. The minimum Gasteiger partial charge on any atom is -0.336 e. The van der Waals surface area contributed by atoms with E-state index in [4.69, 9.17) is 0 Å². The van der Waals surface area contributed by atoms with Crippen molar-refractivity contribution in [2.24, 2.45) is 14.1 Å². The van der Waals surface area contributed by atoms with E-state index in [0.29, 0.717) is 5.56 Å². The molecule has 1 saturated heterocycles. The van der Waals surface area contributed by atoms with Gasteiger partial charge in [0.1, 0.15) is 0 Å². The zero-order valence-corrected chi connectivity index (χ0v) is 14.3. The van der Waals surface area contributed by atoms with Gasteiger partial charge < -0.3 is 4.90 Å². The van der Waals surface area contributed by atoms with E-state index in [9.17, 15) is 4.79 Å². The molecule has 7 nitrogen and oxygen atoms in total. The first-order valence-electron chi connectivity index (χ1n) is 7.95. The number of amides is 1. The molecule has 0 radical (unpaired) electrons. The number of carbonyl (C=O) groups is 1. The standard InChI is InChI=1S/C16H24N6O/c1-12-14(10-19(3)18-12)11-21-5-7-22(8-6-21)16(23)15-9-17-20(4)13(15)2/h9-10H,5-8,11H2,1-4H3. The molecule has 0 atom stereocenters. The van der Waals surface area contributed by atoms with Crippen molar-refractivity contribution in [2.75, 3.05) is 26.2 Å². The zero-order valence-electron chi connectivity index (χ0n) is 14.3. The lowest BCUT2D eigenvalue weighted by Crippen LogP contribution is -2.48. The Hall–Kier alpha value is -2.15. The lowest BCUT2D eigenvalue weighted by Gasteiger charge is -2.34. The van der Waals surface area contributed by atoms with Gasteiger partial charge in [0.25, 0.3) is 5.91 Å². The molecule has 0 spiro atoms. The molecule has 0 unspecified atom stereocenters. The molecule has 23 heavy (non-hydrogen) atoms. The van der Waals surface area contributed by atoms with Crippen molar-refractivity contribution in [1.82, 2.24) is 29.4 Å². The van der Waals surface area contributed by atoms with Gasteiger partial charge in [-0.05, 0) is 13.8 Å². The summed E-state index contributed by atoms with van der Waals surface area (Å²) in [6.07, 6.45) is 3.74. The number of rotatable bonds is 3. The third-order valence-corrected chi connectivity index (χ3v) is 4.63. The van der Waals surface area contributed by atoms with E-state index >= 15 is 0 Å². The van der Waals surface area contributed by atoms with Gasteiger partial charge in [0.15, 0.2) is 0 Å². The Labute approximate surface area is 136 Å². The van der Waals surface area contributed by atoms with Crippen LogP contribution >= 0.6 is 0 Å². The Morgan fingerprint density at radius 2 is 1.87 bits per heavy atom. The SMILES string of the molecule is Cc1nn(C)cc1CN1CCN(C(=O)c2cnn(C)c2C)CC1. The molecule has 1 aliphatic rings. The first kappa shape index (κ1) is 15.7. The highest BCUT2D eigenvalue weighted by Crippen LogP contribution is 2.14. The van der Waals surface area contributed by atoms with Crippen LogP contribution in [-0.4, -0.2) is 61.4 Å². The number of aryl methyl sites for hydroxylation is 3. The van der Waals surface area contributed by atoms with E-state index in [1.54, 1.807) is 10.9 Å². The molecule has 0 saturated carbocycles. The van der Waals surface area contributed by atoms with Gasteiger partial charge >= 0.3 is 0 Å². The summed E-state index contributed by atoms with van der Waals surface area (Å²) in [6.45, 7) is 8.16. The molecule has 0 aromatic carbocycles. The van der Waals surface area contributed by atoms with Crippen LogP contribution in [0.1, 0.15) is 27.3 Å². The lowest BCUT2D eigenvalue weighted by molar-refractivity contribution is 0.0627.